The molecule has 272 valence electrons. The van der Waals surface area contributed by atoms with Crippen molar-refractivity contribution >= 4 is 71.8 Å². The van der Waals surface area contributed by atoms with Crippen LogP contribution in [0.15, 0.2) is 86.7 Å². The number of ether oxygens (including phenoxy) is 2. The number of azo groups is 1. The molecule has 52 heavy (non-hydrogen) atoms. The lowest BCUT2D eigenvalue weighted by atomic mass is 10.1. The van der Waals surface area contributed by atoms with Crippen LogP contribution in [0, 0.1) is 20.4 Å². The molecule has 1 atom stereocenters. The second-order valence-electron chi connectivity index (χ2n) is 11.5. The van der Waals surface area contributed by atoms with Crippen molar-refractivity contribution in [1.29, 1.82) is 0 Å². The predicted molar refractivity (Wildman–Crippen MR) is 197 cm³/mol. The van der Waals surface area contributed by atoms with Crippen LogP contribution in [0.4, 0.5) is 22.7 Å². The van der Waals surface area contributed by atoms with Crippen molar-refractivity contribution < 1.29 is 36.2 Å². The van der Waals surface area contributed by atoms with Gasteiger partial charge in [-0.1, -0.05) is 28.3 Å². The predicted octanol–water partition coefficient (Wildman–Crippen LogP) is 6.97. The number of ketones is 1. The number of carbonyl (C=O) groups excluding carboxylic acids is 1. The molecule has 4 aromatic rings. The van der Waals surface area contributed by atoms with Crippen LogP contribution in [0.3, 0.4) is 0 Å². The minimum Gasteiger partial charge on any atom is -0.506 e. The van der Waals surface area contributed by atoms with Crippen molar-refractivity contribution in [3.05, 3.63) is 105 Å². The number of hydrogen-bond acceptors (Lipinski definition) is 11. The van der Waals surface area contributed by atoms with Gasteiger partial charge >= 0.3 is 6.17 Å². The first-order valence-electron chi connectivity index (χ1n) is 15.4. The molecule has 5 rings (SSSR count). The molecule has 1 aliphatic heterocycles. The van der Waals surface area contributed by atoms with Crippen LogP contribution in [-0.4, -0.2) is 67.3 Å². The Morgan fingerprint density at radius 2 is 1.58 bits per heavy atom. The molecule has 0 bridgehead atoms. The van der Waals surface area contributed by atoms with Crippen molar-refractivity contribution in [2.24, 2.45) is 10.2 Å². The van der Waals surface area contributed by atoms with Crippen LogP contribution in [0.25, 0.3) is 4.85 Å². The van der Waals surface area contributed by atoms with Crippen LogP contribution >= 0.6 is 23.2 Å². The van der Waals surface area contributed by atoms with E-state index >= 15 is 0 Å². The summed E-state index contributed by atoms with van der Waals surface area (Å²) in [6.45, 7) is 12.4. The molecular formula is C34H32Cl2N6O8S2. The molecule has 18 heteroatoms. The number of hydrogen-bond donors (Lipinski definition) is 3. The average molecular weight is 788 g/mol. The highest BCUT2D eigenvalue weighted by atomic mass is 35.5. The molecule has 14 nitrogen and oxygen atoms in total. The first-order valence-corrected chi connectivity index (χ1v) is 19.1. The number of benzene rings is 4. The van der Waals surface area contributed by atoms with E-state index in [9.17, 15) is 26.7 Å². The van der Waals surface area contributed by atoms with Crippen molar-refractivity contribution in [2.75, 3.05) is 47.8 Å². The summed E-state index contributed by atoms with van der Waals surface area (Å²) in [6.07, 6.45) is -1.55. The normalized spacial score (nSPS) is 14.1. The Labute approximate surface area is 310 Å². The van der Waals surface area contributed by atoms with E-state index in [-0.39, 0.29) is 43.3 Å². The third-order valence-electron chi connectivity index (χ3n) is 8.01. The lowest BCUT2D eigenvalue weighted by Crippen LogP contribution is -2.37. The number of nitrogens with zero attached hydrogens (tertiary/aromatic N) is 4. The maximum absolute atomic E-state index is 13.9. The topological polar surface area (TPSA) is 180 Å². The van der Waals surface area contributed by atoms with E-state index in [0.717, 1.165) is 29.3 Å². The highest BCUT2D eigenvalue weighted by molar-refractivity contribution is 7.93. The zero-order chi connectivity index (χ0) is 37.8. The van der Waals surface area contributed by atoms with Gasteiger partial charge in [0.05, 0.1) is 47.4 Å². The minimum atomic E-state index is -4.49. The number of aromatic hydroxyl groups is 1. The van der Waals surface area contributed by atoms with E-state index in [1.165, 1.54) is 43.5 Å². The van der Waals surface area contributed by atoms with Gasteiger partial charge in [0.25, 0.3) is 25.8 Å². The lowest BCUT2D eigenvalue weighted by Gasteiger charge is -2.30. The number of halogens is 2. The summed E-state index contributed by atoms with van der Waals surface area (Å²) in [5, 5.41) is 17.7. The molecule has 1 unspecified atom stereocenters. The number of Topliss-reactive ketones (excluding diaryl/α,β-unsaturated/α-hetero) is 1. The lowest BCUT2D eigenvalue weighted by molar-refractivity contribution is 0.0975. The maximum Gasteiger partial charge on any atom is 0.395 e. The standard InChI is InChI=1S/C34H32Cl2N6O8S2/c1-20-15-28(30(43)16-21(20)2)41-52(47,48)32-17-23(7-10-29(32)42-11-13-50-14-12-42)40-51(45,46)31-19-25(35)27(18-26(31)36)38-39-34(37-3)33(44)22-5-8-24(49-4)9-6-22/h5-10,15-19,34,40-41,43H,11-14H2,1-2,4H3. The molecule has 1 aliphatic rings. The molecule has 3 N–H and O–H groups in total. The fourth-order valence-electron chi connectivity index (χ4n) is 5.11. The van der Waals surface area contributed by atoms with Crippen molar-refractivity contribution in [1.82, 2.24) is 0 Å². The zero-order valence-corrected chi connectivity index (χ0v) is 31.1. The van der Waals surface area contributed by atoms with Gasteiger partial charge in [0.1, 0.15) is 27.0 Å². The van der Waals surface area contributed by atoms with Gasteiger partial charge in [-0.15, -0.1) is 5.11 Å². The number of methoxy groups -OCH3 is 1. The number of phenolic OH excluding ortho intramolecular Hbond substituents is 1. The Bertz CT molecular complexity index is 2310. The van der Waals surface area contributed by atoms with E-state index in [0.29, 0.717) is 37.7 Å². The molecule has 0 spiro atoms. The fourth-order valence-corrected chi connectivity index (χ4v) is 8.29. The largest absolute Gasteiger partial charge is 0.506 e. The van der Waals surface area contributed by atoms with E-state index in [1.54, 1.807) is 30.9 Å². The SMILES string of the molecule is [C-]#[N+]C(N=Nc1cc(Cl)c(S(=O)(=O)Nc2ccc(N3CCOCC3)c(S(=O)(=O)Nc3cc(C)c(C)cc3O)c2)cc1Cl)C(=O)c1ccc(OC)cc1. The molecule has 0 saturated carbocycles. The number of morpholine rings is 1. The Kier molecular flexibility index (Phi) is 11.6. The van der Waals surface area contributed by atoms with E-state index in [2.05, 4.69) is 24.5 Å². The van der Waals surface area contributed by atoms with Crippen LogP contribution in [0.5, 0.6) is 11.5 Å². The summed E-state index contributed by atoms with van der Waals surface area (Å²) in [6, 6.07) is 15.2. The molecule has 1 saturated heterocycles. The Morgan fingerprint density at radius 3 is 2.23 bits per heavy atom. The Balaban J connectivity index is 1.43. The van der Waals surface area contributed by atoms with Crippen molar-refractivity contribution in [2.45, 2.75) is 29.8 Å². The van der Waals surface area contributed by atoms with Gasteiger partial charge < -0.3 is 19.5 Å². The fraction of sp³-hybridized carbons (Fsp3) is 0.235. The summed E-state index contributed by atoms with van der Waals surface area (Å²) in [7, 11) is -7.42. The molecular weight excluding hydrogens is 755 g/mol. The highest BCUT2D eigenvalue weighted by Crippen LogP contribution is 2.37. The van der Waals surface area contributed by atoms with E-state index in [1.807, 2.05) is 0 Å². The monoisotopic (exact) mass is 786 g/mol. The summed E-state index contributed by atoms with van der Waals surface area (Å²) in [5.74, 6) is -0.390. The van der Waals surface area contributed by atoms with Gasteiger partial charge in [-0.25, -0.2) is 23.4 Å². The van der Waals surface area contributed by atoms with Gasteiger partial charge in [0, 0.05) is 18.7 Å². The second-order valence-corrected chi connectivity index (χ2v) is 15.6. The van der Waals surface area contributed by atoms with Gasteiger partial charge in [-0.3, -0.25) is 19.1 Å². The van der Waals surface area contributed by atoms with Gasteiger partial charge in [-0.05, 0) is 91.7 Å². The minimum absolute atomic E-state index is 0.0477. The highest BCUT2D eigenvalue weighted by Gasteiger charge is 2.28. The molecule has 0 radical (unpaired) electrons. The first kappa shape index (κ1) is 38.3. The molecule has 1 fully saturated rings. The van der Waals surface area contributed by atoms with Crippen molar-refractivity contribution in [3.63, 3.8) is 0 Å². The summed E-state index contributed by atoms with van der Waals surface area (Å²) in [4.78, 5) is 17.1. The molecule has 0 amide bonds. The van der Waals surface area contributed by atoms with Gasteiger partial charge in [-0.2, -0.15) is 0 Å². The van der Waals surface area contributed by atoms with Gasteiger partial charge in [0.2, 0.25) is 0 Å². The average Bonchev–Trinajstić information content (AvgIpc) is 3.12. The van der Waals surface area contributed by atoms with Crippen LogP contribution < -0.4 is 19.1 Å². The number of sulfonamides is 2. The zero-order valence-electron chi connectivity index (χ0n) is 27.9. The molecule has 1 heterocycles. The Morgan fingerprint density at radius 1 is 0.923 bits per heavy atom. The maximum atomic E-state index is 13.9. The number of anilines is 3. The number of aryl methyl sites for hydroxylation is 2. The van der Waals surface area contributed by atoms with Crippen molar-refractivity contribution in [3.8, 4) is 11.5 Å². The first-order chi connectivity index (χ1) is 24.6. The number of carbonyl (C=O) groups is 1. The van der Waals surface area contributed by atoms with Crippen LogP contribution in [0.1, 0.15) is 21.5 Å². The van der Waals surface area contributed by atoms with Crippen LogP contribution in [-0.2, 0) is 24.8 Å². The van der Waals surface area contributed by atoms with Gasteiger partial charge in [0.15, 0.2) is 0 Å². The molecule has 0 aromatic heterocycles. The van der Waals surface area contributed by atoms with E-state index in [4.69, 9.17) is 39.2 Å². The molecule has 0 aliphatic carbocycles. The number of phenols is 1. The Hall–Kier alpha value is -4.92. The third-order valence-corrected chi connectivity index (χ3v) is 11.6. The third kappa shape index (κ3) is 8.57. The number of rotatable bonds is 12. The molecule has 4 aromatic carbocycles. The second kappa shape index (κ2) is 15.8. The summed E-state index contributed by atoms with van der Waals surface area (Å²) in [5.41, 5.74) is 1.72. The summed E-state index contributed by atoms with van der Waals surface area (Å²) < 4.78 is 70.2. The number of nitrogens with one attached hydrogen (secondary N) is 2. The summed E-state index contributed by atoms with van der Waals surface area (Å²) >= 11 is 12.7. The smallest absolute Gasteiger partial charge is 0.395 e. The quantitative estimate of drug-likeness (QED) is 0.0591. The van der Waals surface area contributed by atoms with Crippen LogP contribution in [0.2, 0.25) is 10.0 Å². The van der Waals surface area contributed by atoms with E-state index < -0.39 is 36.9 Å².